The fourth-order valence-corrected chi connectivity index (χ4v) is 2.73. The van der Waals surface area contributed by atoms with Gasteiger partial charge in [0, 0.05) is 18.6 Å². The van der Waals surface area contributed by atoms with E-state index in [-0.39, 0.29) is 5.96 Å². The maximum Gasteiger partial charge on any atom is 0.325 e. The smallest absolute Gasteiger partial charge is 0.325 e. The minimum absolute atomic E-state index is 0.224. The molecular formula is C13H14ClN5O2. The molecule has 2 aliphatic heterocycles. The highest BCUT2D eigenvalue weighted by Crippen LogP contribution is 2.26. The number of hydrogen-bond acceptors (Lipinski definition) is 5. The molecule has 2 atom stereocenters. The van der Waals surface area contributed by atoms with Gasteiger partial charge >= 0.3 is 6.03 Å². The van der Waals surface area contributed by atoms with Gasteiger partial charge in [0.05, 0.1) is 0 Å². The van der Waals surface area contributed by atoms with Crippen LogP contribution in [0.4, 0.5) is 4.79 Å². The molecule has 2 unspecified atom stereocenters. The topological polar surface area (TPSA) is 91.0 Å². The Hall–Kier alpha value is -2.28. The molecule has 1 aromatic rings. The van der Waals surface area contributed by atoms with Crippen molar-refractivity contribution in [2.45, 2.75) is 18.8 Å². The number of hydrogen-bond donors (Lipinski definition) is 2. The molecule has 3 N–H and O–H groups in total. The number of benzene rings is 1. The SMILES string of the molecule is CN1C(=O)NC(=O)C2C1N=C(N)N2Cc1ccccc1Cl. The third-order valence-electron chi connectivity index (χ3n) is 3.69. The first-order chi connectivity index (χ1) is 9.99. The Kier molecular flexibility index (Phi) is 3.21. The molecule has 0 aliphatic carbocycles. The predicted octanol–water partition coefficient (Wildman–Crippen LogP) is 0.347. The van der Waals surface area contributed by atoms with Crippen molar-refractivity contribution in [2.24, 2.45) is 10.7 Å². The summed E-state index contributed by atoms with van der Waals surface area (Å²) in [6, 6.07) is 6.21. The molecule has 0 aromatic heterocycles. The van der Waals surface area contributed by atoms with Gasteiger partial charge in [-0.05, 0) is 11.6 Å². The molecule has 0 radical (unpaired) electrons. The van der Waals surface area contributed by atoms with Crippen molar-refractivity contribution < 1.29 is 9.59 Å². The number of guanidine groups is 1. The van der Waals surface area contributed by atoms with Gasteiger partial charge in [-0.15, -0.1) is 0 Å². The second kappa shape index (κ2) is 4.92. The van der Waals surface area contributed by atoms with E-state index in [2.05, 4.69) is 10.3 Å². The summed E-state index contributed by atoms with van der Waals surface area (Å²) in [4.78, 5) is 31.0. The maximum atomic E-state index is 12.1. The molecule has 3 rings (SSSR count). The van der Waals surface area contributed by atoms with Crippen molar-refractivity contribution >= 4 is 29.5 Å². The van der Waals surface area contributed by atoms with Gasteiger partial charge in [0.15, 0.2) is 18.2 Å². The van der Waals surface area contributed by atoms with E-state index in [1.165, 1.54) is 4.90 Å². The summed E-state index contributed by atoms with van der Waals surface area (Å²) in [5.74, 6) is -0.180. The monoisotopic (exact) mass is 307 g/mol. The summed E-state index contributed by atoms with van der Waals surface area (Å²) >= 11 is 6.14. The zero-order valence-corrected chi connectivity index (χ0v) is 12.0. The number of fused-ring (bicyclic) bond motifs is 1. The molecule has 2 aliphatic rings. The number of carbonyl (C=O) groups excluding carboxylic acids is 2. The van der Waals surface area contributed by atoms with E-state index in [9.17, 15) is 9.59 Å². The lowest BCUT2D eigenvalue weighted by Crippen LogP contribution is -2.63. The lowest BCUT2D eigenvalue weighted by molar-refractivity contribution is -0.127. The average molecular weight is 308 g/mol. The molecule has 1 fully saturated rings. The van der Waals surface area contributed by atoms with Crippen LogP contribution in [0.15, 0.2) is 29.3 Å². The van der Waals surface area contributed by atoms with Gasteiger partial charge in [-0.2, -0.15) is 0 Å². The highest BCUT2D eigenvalue weighted by molar-refractivity contribution is 6.31. The molecule has 21 heavy (non-hydrogen) atoms. The molecule has 7 nitrogen and oxygen atoms in total. The van der Waals surface area contributed by atoms with Crippen LogP contribution in [0.5, 0.6) is 0 Å². The third-order valence-corrected chi connectivity index (χ3v) is 4.06. The average Bonchev–Trinajstić information content (AvgIpc) is 2.77. The number of nitrogens with one attached hydrogen (secondary N) is 1. The van der Waals surface area contributed by atoms with Crippen LogP contribution in [0.1, 0.15) is 5.56 Å². The van der Waals surface area contributed by atoms with E-state index in [1.54, 1.807) is 18.0 Å². The number of nitrogens with zero attached hydrogens (tertiary/aromatic N) is 3. The Labute approximate surface area is 126 Å². The van der Waals surface area contributed by atoms with Gasteiger partial charge in [0.2, 0.25) is 0 Å². The number of nitrogens with two attached hydrogens (primary N) is 1. The molecule has 1 aromatic carbocycles. The zero-order valence-electron chi connectivity index (χ0n) is 11.3. The first kappa shape index (κ1) is 13.7. The largest absolute Gasteiger partial charge is 0.370 e. The van der Waals surface area contributed by atoms with E-state index < -0.39 is 24.1 Å². The van der Waals surface area contributed by atoms with Gasteiger partial charge in [0.25, 0.3) is 5.91 Å². The number of halogens is 1. The van der Waals surface area contributed by atoms with Gasteiger partial charge in [-0.1, -0.05) is 29.8 Å². The minimum atomic E-state index is -0.635. The van der Waals surface area contributed by atoms with Crippen molar-refractivity contribution in [2.75, 3.05) is 7.05 Å². The molecule has 1 saturated heterocycles. The van der Waals surface area contributed by atoms with Crippen LogP contribution in [-0.4, -0.2) is 47.0 Å². The lowest BCUT2D eigenvalue weighted by atomic mass is 10.1. The number of aliphatic imine (C=N–C) groups is 1. The van der Waals surface area contributed by atoms with Gasteiger partial charge in [-0.3, -0.25) is 10.1 Å². The minimum Gasteiger partial charge on any atom is -0.370 e. The van der Waals surface area contributed by atoms with Crippen molar-refractivity contribution in [3.05, 3.63) is 34.9 Å². The van der Waals surface area contributed by atoms with Crippen LogP contribution in [0.2, 0.25) is 5.02 Å². The number of amides is 3. The summed E-state index contributed by atoms with van der Waals surface area (Å²) in [6.07, 6.45) is -0.603. The van der Waals surface area contributed by atoms with Crippen molar-refractivity contribution in [1.82, 2.24) is 15.1 Å². The first-order valence-electron chi connectivity index (χ1n) is 6.40. The highest BCUT2D eigenvalue weighted by atomic mass is 35.5. The van der Waals surface area contributed by atoms with Gasteiger partial charge < -0.3 is 15.5 Å². The van der Waals surface area contributed by atoms with E-state index in [0.717, 1.165) is 5.56 Å². The number of imide groups is 1. The normalized spacial score (nSPS) is 24.8. The van der Waals surface area contributed by atoms with E-state index in [1.807, 2.05) is 18.2 Å². The predicted molar refractivity (Wildman–Crippen MR) is 77.5 cm³/mol. The molecule has 0 saturated carbocycles. The Bertz CT molecular complexity index is 647. The Balaban J connectivity index is 1.90. The number of likely N-dealkylation sites (N-methyl/N-ethyl adjacent to an activating group) is 1. The summed E-state index contributed by atoms with van der Waals surface area (Å²) in [7, 11) is 1.58. The van der Waals surface area contributed by atoms with Crippen molar-refractivity contribution in [3.8, 4) is 0 Å². The van der Waals surface area contributed by atoms with Crippen LogP contribution >= 0.6 is 11.6 Å². The molecule has 2 heterocycles. The second-order valence-corrected chi connectivity index (χ2v) is 5.38. The van der Waals surface area contributed by atoms with Crippen LogP contribution < -0.4 is 11.1 Å². The van der Waals surface area contributed by atoms with Crippen LogP contribution in [-0.2, 0) is 11.3 Å². The second-order valence-electron chi connectivity index (χ2n) is 4.97. The molecule has 0 bridgehead atoms. The van der Waals surface area contributed by atoms with E-state index in [4.69, 9.17) is 17.3 Å². The fourth-order valence-electron chi connectivity index (χ4n) is 2.54. The quantitative estimate of drug-likeness (QED) is 0.824. The molecule has 8 heteroatoms. The van der Waals surface area contributed by atoms with Crippen LogP contribution in [0.3, 0.4) is 0 Å². The Morgan fingerprint density at radius 2 is 2.10 bits per heavy atom. The zero-order chi connectivity index (χ0) is 15.1. The number of rotatable bonds is 2. The highest BCUT2D eigenvalue weighted by Gasteiger charge is 2.47. The van der Waals surface area contributed by atoms with E-state index in [0.29, 0.717) is 11.6 Å². The molecular weight excluding hydrogens is 294 g/mol. The summed E-state index contributed by atoms with van der Waals surface area (Å²) in [6.45, 7) is 0.353. The van der Waals surface area contributed by atoms with Crippen molar-refractivity contribution in [1.29, 1.82) is 0 Å². The maximum absolute atomic E-state index is 12.1. The number of urea groups is 1. The van der Waals surface area contributed by atoms with Gasteiger partial charge in [0.1, 0.15) is 0 Å². The molecule has 110 valence electrons. The number of carbonyl (C=O) groups is 2. The summed E-state index contributed by atoms with van der Waals surface area (Å²) < 4.78 is 0. The first-order valence-corrected chi connectivity index (χ1v) is 6.78. The fraction of sp³-hybridized carbons (Fsp3) is 0.308. The molecule has 0 spiro atoms. The Morgan fingerprint density at radius 3 is 2.81 bits per heavy atom. The van der Waals surface area contributed by atoms with Crippen LogP contribution in [0.25, 0.3) is 0 Å². The van der Waals surface area contributed by atoms with Crippen LogP contribution in [0, 0.1) is 0 Å². The third kappa shape index (κ3) is 2.19. The van der Waals surface area contributed by atoms with Gasteiger partial charge in [-0.25, -0.2) is 9.79 Å². The Morgan fingerprint density at radius 1 is 1.38 bits per heavy atom. The summed E-state index contributed by atoms with van der Waals surface area (Å²) in [5.41, 5.74) is 6.76. The standard InChI is InChI=1S/C13H14ClN5O2/c1-18-10-9(11(20)17-13(18)21)19(12(15)16-10)6-7-4-2-3-5-8(7)14/h2-5,9-10H,6H2,1H3,(H2,15,16)(H,17,20,21). The van der Waals surface area contributed by atoms with Crippen molar-refractivity contribution in [3.63, 3.8) is 0 Å². The summed E-state index contributed by atoms with van der Waals surface area (Å²) in [5, 5.41) is 2.89. The lowest BCUT2D eigenvalue weighted by Gasteiger charge is -2.35. The van der Waals surface area contributed by atoms with E-state index >= 15 is 0 Å². The molecule has 3 amide bonds.